The maximum absolute atomic E-state index is 11.8. The summed E-state index contributed by atoms with van der Waals surface area (Å²) in [4.78, 5) is 11.8. The zero-order valence-corrected chi connectivity index (χ0v) is 11.2. The molecule has 0 bridgehead atoms. The second kappa shape index (κ2) is 5.63. The molecule has 0 spiro atoms. The summed E-state index contributed by atoms with van der Waals surface area (Å²) in [6, 6.07) is 12.0. The molecule has 0 saturated carbocycles. The van der Waals surface area contributed by atoms with Gasteiger partial charge in [-0.05, 0) is 48.9 Å². The molecule has 19 heavy (non-hydrogen) atoms. The van der Waals surface area contributed by atoms with Gasteiger partial charge in [0.05, 0.1) is 0 Å². The number of nitrogen functional groups attached to an aromatic ring is 1. The number of carbonyl (C=O) groups is 1. The lowest BCUT2D eigenvalue weighted by molar-refractivity contribution is 0.262. The van der Waals surface area contributed by atoms with E-state index >= 15 is 0 Å². The van der Waals surface area contributed by atoms with E-state index in [1.165, 1.54) is 0 Å². The Balaban J connectivity index is 2.05. The van der Waals surface area contributed by atoms with E-state index in [0.29, 0.717) is 22.1 Å². The van der Waals surface area contributed by atoms with Gasteiger partial charge in [0.2, 0.25) is 0 Å². The van der Waals surface area contributed by atoms with E-state index in [0.717, 1.165) is 5.56 Å². The van der Waals surface area contributed by atoms with Crippen LogP contribution in [0.2, 0.25) is 5.02 Å². The van der Waals surface area contributed by atoms with Gasteiger partial charge in [0, 0.05) is 22.1 Å². The Morgan fingerprint density at radius 3 is 2.47 bits per heavy atom. The number of benzene rings is 2. The van der Waals surface area contributed by atoms with Gasteiger partial charge in [-0.2, -0.15) is 0 Å². The number of carbonyl (C=O) groups excluding carboxylic acids is 1. The number of amides is 2. The Morgan fingerprint density at radius 1 is 1.11 bits per heavy atom. The second-order valence-electron chi connectivity index (χ2n) is 4.11. The van der Waals surface area contributed by atoms with Crippen molar-refractivity contribution in [3.8, 4) is 0 Å². The van der Waals surface area contributed by atoms with Gasteiger partial charge in [-0.1, -0.05) is 17.7 Å². The molecule has 0 aliphatic heterocycles. The number of anilines is 3. The summed E-state index contributed by atoms with van der Waals surface area (Å²) < 4.78 is 0. The molecule has 5 heteroatoms. The Hall–Kier alpha value is -2.20. The molecule has 0 heterocycles. The van der Waals surface area contributed by atoms with Crippen LogP contribution in [0, 0.1) is 6.92 Å². The third-order valence-electron chi connectivity index (χ3n) is 2.68. The SMILES string of the molecule is Cc1c(Cl)cccc1NC(=O)Nc1ccc(N)cc1. The predicted molar refractivity (Wildman–Crippen MR) is 79.7 cm³/mol. The maximum atomic E-state index is 11.8. The molecule has 0 atom stereocenters. The number of hydrogen-bond acceptors (Lipinski definition) is 2. The van der Waals surface area contributed by atoms with Crippen LogP contribution < -0.4 is 16.4 Å². The van der Waals surface area contributed by atoms with Gasteiger partial charge in [0.25, 0.3) is 0 Å². The third kappa shape index (κ3) is 3.39. The molecule has 0 aliphatic rings. The Labute approximate surface area is 116 Å². The lowest BCUT2D eigenvalue weighted by Crippen LogP contribution is -2.19. The van der Waals surface area contributed by atoms with Crippen molar-refractivity contribution in [3.63, 3.8) is 0 Å². The van der Waals surface area contributed by atoms with E-state index in [-0.39, 0.29) is 6.03 Å². The summed E-state index contributed by atoms with van der Waals surface area (Å²) in [6.07, 6.45) is 0. The molecular formula is C14H14ClN3O. The van der Waals surface area contributed by atoms with Crippen molar-refractivity contribution in [2.75, 3.05) is 16.4 Å². The minimum absolute atomic E-state index is 0.324. The topological polar surface area (TPSA) is 67.2 Å². The largest absolute Gasteiger partial charge is 0.399 e. The molecule has 2 amide bonds. The zero-order chi connectivity index (χ0) is 13.8. The fourth-order valence-electron chi connectivity index (χ4n) is 1.59. The predicted octanol–water partition coefficient (Wildman–Crippen LogP) is 3.87. The van der Waals surface area contributed by atoms with Crippen molar-refractivity contribution in [2.45, 2.75) is 6.92 Å². The standard InChI is InChI=1S/C14H14ClN3O/c1-9-12(15)3-2-4-13(9)18-14(19)17-11-7-5-10(16)6-8-11/h2-8H,16H2,1H3,(H2,17,18,19). The summed E-state index contributed by atoms with van der Waals surface area (Å²) in [6.45, 7) is 1.85. The fraction of sp³-hybridized carbons (Fsp3) is 0.0714. The summed E-state index contributed by atoms with van der Waals surface area (Å²) >= 11 is 5.99. The first-order valence-electron chi connectivity index (χ1n) is 5.75. The van der Waals surface area contributed by atoms with E-state index in [9.17, 15) is 4.79 Å². The van der Waals surface area contributed by atoms with Gasteiger partial charge < -0.3 is 16.4 Å². The normalized spacial score (nSPS) is 10.0. The Kier molecular flexibility index (Phi) is 3.92. The van der Waals surface area contributed by atoms with Crippen molar-refractivity contribution in [1.82, 2.24) is 0 Å². The van der Waals surface area contributed by atoms with E-state index in [4.69, 9.17) is 17.3 Å². The highest BCUT2D eigenvalue weighted by Crippen LogP contribution is 2.23. The molecule has 0 aliphatic carbocycles. The highest BCUT2D eigenvalue weighted by Gasteiger charge is 2.06. The maximum Gasteiger partial charge on any atom is 0.323 e. The molecule has 98 valence electrons. The van der Waals surface area contributed by atoms with Gasteiger partial charge >= 0.3 is 6.03 Å². The van der Waals surface area contributed by atoms with Crippen molar-refractivity contribution in [1.29, 1.82) is 0 Å². The van der Waals surface area contributed by atoms with Gasteiger partial charge in [-0.25, -0.2) is 4.79 Å². The van der Waals surface area contributed by atoms with Crippen molar-refractivity contribution >= 4 is 34.7 Å². The molecule has 4 nitrogen and oxygen atoms in total. The number of urea groups is 1. The van der Waals surface area contributed by atoms with Crippen molar-refractivity contribution in [2.24, 2.45) is 0 Å². The molecule has 2 aromatic rings. The smallest absolute Gasteiger partial charge is 0.323 e. The van der Waals surface area contributed by atoms with Crippen LogP contribution >= 0.6 is 11.6 Å². The quantitative estimate of drug-likeness (QED) is 0.728. The van der Waals surface area contributed by atoms with Crippen LogP contribution in [0.1, 0.15) is 5.56 Å². The lowest BCUT2D eigenvalue weighted by Gasteiger charge is -2.10. The van der Waals surface area contributed by atoms with Gasteiger partial charge in [0.1, 0.15) is 0 Å². The average Bonchev–Trinajstić information content (AvgIpc) is 2.38. The number of nitrogens with two attached hydrogens (primary N) is 1. The van der Waals surface area contributed by atoms with Gasteiger partial charge in [-0.3, -0.25) is 0 Å². The van der Waals surface area contributed by atoms with Crippen LogP contribution in [0.15, 0.2) is 42.5 Å². The van der Waals surface area contributed by atoms with Crippen LogP contribution in [0.4, 0.5) is 21.9 Å². The molecule has 2 rings (SSSR count). The van der Waals surface area contributed by atoms with Gasteiger partial charge in [0.15, 0.2) is 0 Å². The van der Waals surface area contributed by atoms with Crippen LogP contribution in [-0.4, -0.2) is 6.03 Å². The highest BCUT2D eigenvalue weighted by atomic mass is 35.5. The number of halogens is 1. The fourth-order valence-corrected chi connectivity index (χ4v) is 1.77. The molecule has 0 saturated heterocycles. The molecule has 4 N–H and O–H groups in total. The highest BCUT2D eigenvalue weighted by molar-refractivity contribution is 6.31. The second-order valence-corrected chi connectivity index (χ2v) is 4.52. The lowest BCUT2D eigenvalue weighted by atomic mass is 10.2. The molecule has 0 fully saturated rings. The minimum Gasteiger partial charge on any atom is -0.399 e. The van der Waals surface area contributed by atoms with E-state index in [1.54, 1.807) is 42.5 Å². The molecule has 0 aromatic heterocycles. The minimum atomic E-state index is -0.324. The molecule has 0 radical (unpaired) electrons. The first-order valence-corrected chi connectivity index (χ1v) is 6.13. The number of hydrogen-bond donors (Lipinski definition) is 3. The molecule has 2 aromatic carbocycles. The Morgan fingerprint density at radius 2 is 1.79 bits per heavy atom. The van der Waals surface area contributed by atoms with Crippen molar-refractivity contribution in [3.05, 3.63) is 53.1 Å². The first kappa shape index (κ1) is 13.2. The van der Waals surface area contributed by atoms with E-state index in [2.05, 4.69) is 10.6 Å². The molecular weight excluding hydrogens is 262 g/mol. The molecule has 0 unspecified atom stereocenters. The van der Waals surface area contributed by atoms with Crippen LogP contribution in [0.5, 0.6) is 0 Å². The third-order valence-corrected chi connectivity index (χ3v) is 3.09. The summed E-state index contributed by atoms with van der Waals surface area (Å²) in [7, 11) is 0. The monoisotopic (exact) mass is 275 g/mol. The summed E-state index contributed by atoms with van der Waals surface area (Å²) in [5.74, 6) is 0. The zero-order valence-electron chi connectivity index (χ0n) is 10.4. The number of rotatable bonds is 2. The van der Waals surface area contributed by atoms with Crippen LogP contribution in [-0.2, 0) is 0 Å². The van der Waals surface area contributed by atoms with E-state index in [1.807, 2.05) is 6.92 Å². The summed E-state index contributed by atoms with van der Waals surface area (Å²) in [5, 5.41) is 6.08. The Bertz CT molecular complexity index is 596. The van der Waals surface area contributed by atoms with Crippen LogP contribution in [0.25, 0.3) is 0 Å². The van der Waals surface area contributed by atoms with E-state index < -0.39 is 0 Å². The van der Waals surface area contributed by atoms with Crippen molar-refractivity contribution < 1.29 is 4.79 Å². The van der Waals surface area contributed by atoms with Gasteiger partial charge in [-0.15, -0.1) is 0 Å². The average molecular weight is 276 g/mol. The summed E-state index contributed by atoms with van der Waals surface area (Å²) in [5.41, 5.74) is 8.41. The number of nitrogens with one attached hydrogen (secondary N) is 2. The first-order chi connectivity index (χ1) is 9.06. The van der Waals surface area contributed by atoms with Crippen LogP contribution in [0.3, 0.4) is 0 Å².